The van der Waals surface area contributed by atoms with Crippen LogP contribution in [0.15, 0.2) is 47.4 Å². The molecule has 0 aliphatic carbocycles. The second kappa shape index (κ2) is 7.33. The van der Waals surface area contributed by atoms with Gasteiger partial charge < -0.3 is 10.1 Å². The maximum absolute atomic E-state index is 13.2. The minimum Gasteiger partial charge on any atom is -0.496 e. The SMILES string of the molecule is CNCc1ccc(OC)c(CS(=O)c2cccc(F)c2)c1. The number of halogens is 1. The van der Waals surface area contributed by atoms with E-state index >= 15 is 0 Å². The normalized spacial score (nSPS) is 12.1. The highest BCUT2D eigenvalue weighted by molar-refractivity contribution is 7.84. The van der Waals surface area contributed by atoms with Crippen LogP contribution in [0.3, 0.4) is 0 Å². The molecule has 0 aliphatic rings. The van der Waals surface area contributed by atoms with Crippen molar-refractivity contribution in [3.63, 3.8) is 0 Å². The molecule has 3 nitrogen and oxygen atoms in total. The van der Waals surface area contributed by atoms with Gasteiger partial charge in [-0.05, 0) is 42.9 Å². The Labute approximate surface area is 126 Å². The lowest BCUT2D eigenvalue weighted by molar-refractivity contribution is 0.411. The molecule has 2 rings (SSSR count). The van der Waals surface area contributed by atoms with Crippen LogP contribution in [0.1, 0.15) is 11.1 Å². The molecule has 112 valence electrons. The summed E-state index contributed by atoms with van der Waals surface area (Å²) in [6.07, 6.45) is 0. The molecule has 2 aromatic rings. The van der Waals surface area contributed by atoms with E-state index in [1.165, 1.54) is 12.1 Å². The minimum absolute atomic E-state index is 0.296. The molecule has 2 aromatic carbocycles. The van der Waals surface area contributed by atoms with E-state index in [4.69, 9.17) is 4.74 Å². The number of hydrogen-bond donors (Lipinski definition) is 1. The van der Waals surface area contributed by atoms with E-state index < -0.39 is 10.8 Å². The van der Waals surface area contributed by atoms with E-state index in [0.717, 1.165) is 17.7 Å². The summed E-state index contributed by atoms with van der Waals surface area (Å²) < 4.78 is 30.9. The standard InChI is InChI=1S/C16H18FNO2S/c1-18-10-12-6-7-16(20-2)13(8-12)11-21(19)15-5-3-4-14(17)9-15/h3-9,18H,10-11H2,1-2H3. The zero-order chi connectivity index (χ0) is 15.2. The van der Waals surface area contributed by atoms with Gasteiger partial charge >= 0.3 is 0 Å². The van der Waals surface area contributed by atoms with E-state index in [0.29, 0.717) is 16.4 Å². The van der Waals surface area contributed by atoms with Gasteiger partial charge in [-0.25, -0.2) is 4.39 Å². The van der Waals surface area contributed by atoms with Gasteiger partial charge in [-0.15, -0.1) is 0 Å². The predicted molar refractivity (Wildman–Crippen MR) is 82.3 cm³/mol. The van der Waals surface area contributed by atoms with Gasteiger partial charge in [0.25, 0.3) is 0 Å². The topological polar surface area (TPSA) is 38.3 Å². The lowest BCUT2D eigenvalue weighted by Gasteiger charge is -2.11. The molecule has 0 saturated heterocycles. The van der Waals surface area contributed by atoms with Crippen LogP contribution in [-0.4, -0.2) is 18.4 Å². The Balaban J connectivity index is 2.25. The third kappa shape index (κ3) is 4.12. The summed E-state index contributed by atoms with van der Waals surface area (Å²) in [4.78, 5) is 0.482. The quantitative estimate of drug-likeness (QED) is 0.892. The number of rotatable bonds is 6. The Morgan fingerprint density at radius 3 is 2.71 bits per heavy atom. The molecule has 0 amide bonds. The van der Waals surface area contributed by atoms with Crippen LogP contribution in [0, 0.1) is 5.82 Å². The largest absolute Gasteiger partial charge is 0.496 e. The molecule has 0 heterocycles. The maximum atomic E-state index is 13.2. The number of methoxy groups -OCH3 is 1. The molecule has 0 saturated carbocycles. The smallest absolute Gasteiger partial charge is 0.124 e. The molecule has 1 atom stereocenters. The van der Waals surface area contributed by atoms with Gasteiger partial charge in [0.1, 0.15) is 11.6 Å². The van der Waals surface area contributed by atoms with Crippen molar-refractivity contribution < 1.29 is 13.3 Å². The van der Waals surface area contributed by atoms with Gasteiger partial charge in [-0.2, -0.15) is 0 Å². The van der Waals surface area contributed by atoms with E-state index in [1.54, 1.807) is 19.2 Å². The Morgan fingerprint density at radius 1 is 1.24 bits per heavy atom. The molecule has 1 unspecified atom stereocenters. The first-order valence-corrected chi connectivity index (χ1v) is 7.90. The Hall–Kier alpha value is -1.72. The molecule has 0 radical (unpaired) electrons. The number of ether oxygens (including phenoxy) is 1. The van der Waals surface area contributed by atoms with Crippen molar-refractivity contribution in [2.75, 3.05) is 14.2 Å². The van der Waals surface area contributed by atoms with E-state index in [1.807, 2.05) is 25.2 Å². The Bertz CT molecular complexity index is 646. The summed E-state index contributed by atoms with van der Waals surface area (Å²) in [6, 6.07) is 11.7. The van der Waals surface area contributed by atoms with Crippen LogP contribution >= 0.6 is 0 Å². The van der Waals surface area contributed by atoms with E-state index in [-0.39, 0.29) is 5.82 Å². The first kappa shape index (κ1) is 15.7. The van der Waals surface area contributed by atoms with Gasteiger partial charge in [0.2, 0.25) is 0 Å². The minimum atomic E-state index is -1.31. The van der Waals surface area contributed by atoms with Gasteiger partial charge in [-0.1, -0.05) is 12.1 Å². The zero-order valence-corrected chi connectivity index (χ0v) is 12.9. The van der Waals surface area contributed by atoms with Crippen molar-refractivity contribution in [3.05, 3.63) is 59.4 Å². The zero-order valence-electron chi connectivity index (χ0n) is 12.1. The van der Waals surface area contributed by atoms with Crippen LogP contribution in [-0.2, 0) is 23.1 Å². The average Bonchev–Trinajstić information content (AvgIpc) is 2.48. The molecule has 5 heteroatoms. The highest BCUT2D eigenvalue weighted by Gasteiger charge is 2.11. The number of nitrogens with one attached hydrogen (secondary N) is 1. The molecule has 1 N–H and O–H groups in total. The third-order valence-electron chi connectivity index (χ3n) is 3.07. The molecular formula is C16H18FNO2S. The van der Waals surface area contributed by atoms with Gasteiger partial charge in [0, 0.05) is 17.0 Å². The van der Waals surface area contributed by atoms with Crippen molar-refractivity contribution in [2.24, 2.45) is 0 Å². The lowest BCUT2D eigenvalue weighted by atomic mass is 10.1. The van der Waals surface area contributed by atoms with Crippen LogP contribution in [0.4, 0.5) is 4.39 Å². The van der Waals surface area contributed by atoms with Crippen LogP contribution < -0.4 is 10.1 Å². The number of hydrogen-bond acceptors (Lipinski definition) is 3. The molecule has 0 aliphatic heterocycles. The second-order valence-corrected chi connectivity index (χ2v) is 6.07. The summed E-state index contributed by atoms with van der Waals surface area (Å²) in [5.41, 5.74) is 1.94. The fourth-order valence-electron chi connectivity index (χ4n) is 2.09. The van der Waals surface area contributed by atoms with Gasteiger partial charge in [0.15, 0.2) is 0 Å². The molecular weight excluding hydrogens is 289 g/mol. The van der Waals surface area contributed by atoms with Crippen molar-refractivity contribution >= 4 is 10.8 Å². The van der Waals surface area contributed by atoms with E-state index in [2.05, 4.69) is 5.32 Å². The molecule has 0 spiro atoms. The number of benzene rings is 2. The third-order valence-corrected chi connectivity index (χ3v) is 4.42. The van der Waals surface area contributed by atoms with Crippen molar-refractivity contribution in [3.8, 4) is 5.75 Å². The summed E-state index contributed by atoms with van der Waals surface area (Å²) >= 11 is 0. The van der Waals surface area contributed by atoms with Crippen LogP contribution in [0.25, 0.3) is 0 Å². The lowest BCUT2D eigenvalue weighted by Crippen LogP contribution is -2.06. The Morgan fingerprint density at radius 2 is 2.05 bits per heavy atom. The molecule has 0 bridgehead atoms. The monoisotopic (exact) mass is 307 g/mol. The van der Waals surface area contributed by atoms with Crippen molar-refractivity contribution in [1.29, 1.82) is 0 Å². The van der Waals surface area contributed by atoms with E-state index in [9.17, 15) is 8.60 Å². The summed E-state index contributed by atoms with van der Waals surface area (Å²) in [7, 11) is 2.15. The fourth-order valence-corrected chi connectivity index (χ4v) is 3.24. The summed E-state index contributed by atoms with van der Waals surface area (Å²) in [6.45, 7) is 0.726. The predicted octanol–water partition coefficient (Wildman–Crippen LogP) is 2.86. The molecule has 0 aromatic heterocycles. The molecule has 21 heavy (non-hydrogen) atoms. The maximum Gasteiger partial charge on any atom is 0.124 e. The van der Waals surface area contributed by atoms with Gasteiger partial charge in [0.05, 0.1) is 23.7 Å². The van der Waals surface area contributed by atoms with Crippen LogP contribution in [0.2, 0.25) is 0 Å². The average molecular weight is 307 g/mol. The highest BCUT2D eigenvalue weighted by Crippen LogP contribution is 2.23. The van der Waals surface area contributed by atoms with Crippen molar-refractivity contribution in [2.45, 2.75) is 17.2 Å². The molecule has 0 fully saturated rings. The fraction of sp³-hybridized carbons (Fsp3) is 0.250. The first-order valence-electron chi connectivity index (χ1n) is 6.58. The summed E-state index contributed by atoms with van der Waals surface area (Å²) in [5, 5.41) is 3.07. The van der Waals surface area contributed by atoms with Crippen molar-refractivity contribution in [1.82, 2.24) is 5.32 Å². The Kier molecular flexibility index (Phi) is 5.47. The van der Waals surface area contributed by atoms with Gasteiger partial charge in [-0.3, -0.25) is 4.21 Å². The van der Waals surface area contributed by atoms with Crippen LogP contribution in [0.5, 0.6) is 5.75 Å². The highest BCUT2D eigenvalue weighted by atomic mass is 32.2. The summed E-state index contributed by atoms with van der Waals surface area (Å²) in [5.74, 6) is 0.612. The first-order chi connectivity index (χ1) is 10.1. The second-order valence-electron chi connectivity index (χ2n) is 4.62.